The molecule has 0 bridgehead atoms. The average Bonchev–Trinajstić information content (AvgIpc) is 3.07. The number of benzene rings is 3. The Morgan fingerprint density at radius 2 is 1.26 bits per heavy atom. The first-order chi connectivity index (χ1) is 21.0. The number of hydrogen-bond donors (Lipinski definition) is 0. The van der Waals surface area contributed by atoms with Gasteiger partial charge in [0.1, 0.15) is 24.6 Å². The molecule has 4 nitrogen and oxygen atoms in total. The quantitative estimate of drug-likeness (QED) is 0.151. The molecule has 0 saturated carbocycles. The van der Waals surface area contributed by atoms with Crippen LogP contribution in [0.15, 0.2) is 115 Å². The Hall–Kier alpha value is -4.31. The minimum Gasteiger partial charge on any atom is -0.497 e. The summed E-state index contributed by atoms with van der Waals surface area (Å²) in [4.78, 5) is 2.37. The van der Waals surface area contributed by atoms with E-state index in [1.807, 2.05) is 12.1 Å². The van der Waals surface area contributed by atoms with Crippen LogP contribution in [0.25, 0.3) is 5.57 Å². The van der Waals surface area contributed by atoms with Crippen LogP contribution in [0, 0.1) is 5.92 Å². The van der Waals surface area contributed by atoms with Crippen molar-refractivity contribution in [3.05, 3.63) is 132 Å². The third kappa shape index (κ3) is 7.95. The van der Waals surface area contributed by atoms with E-state index in [-0.39, 0.29) is 11.8 Å². The molecule has 0 aliphatic heterocycles. The van der Waals surface area contributed by atoms with Gasteiger partial charge in [-0.1, -0.05) is 66.8 Å². The smallest absolute Gasteiger partial charge is 0.199 e. The van der Waals surface area contributed by atoms with E-state index in [0.717, 1.165) is 43.2 Å². The zero-order valence-corrected chi connectivity index (χ0v) is 26.7. The van der Waals surface area contributed by atoms with Gasteiger partial charge in [-0.2, -0.15) is 0 Å². The van der Waals surface area contributed by atoms with Gasteiger partial charge in [-0.3, -0.25) is 0 Å². The number of anilines is 1. The van der Waals surface area contributed by atoms with Crippen molar-refractivity contribution >= 4 is 17.0 Å². The molecule has 224 valence electrons. The fraction of sp³-hybridized carbons (Fsp3) is 0.308. The van der Waals surface area contributed by atoms with Gasteiger partial charge in [0.25, 0.3) is 0 Å². The summed E-state index contributed by atoms with van der Waals surface area (Å²) in [5, 5.41) is 0. The molecule has 1 unspecified atom stereocenters. The molecule has 0 saturated heterocycles. The predicted octanol–water partition coefficient (Wildman–Crippen LogP) is 8.56. The van der Waals surface area contributed by atoms with E-state index >= 15 is 0 Å². The summed E-state index contributed by atoms with van der Waals surface area (Å²) < 4.78 is 13.3. The predicted molar refractivity (Wildman–Crippen MR) is 183 cm³/mol. The highest BCUT2D eigenvalue weighted by atomic mass is 16.5. The molecule has 1 aliphatic carbocycles. The summed E-state index contributed by atoms with van der Waals surface area (Å²) in [6.07, 6.45) is 16.0. The Bertz CT molecular complexity index is 1430. The number of methoxy groups -OCH3 is 2. The van der Waals surface area contributed by atoms with Crippen LogP contribution >= 0.6 is 0 Å². The van der Waals surface area contributed by atoms with Crippen molar-refractivity contribution in [3.8, 4) is 11.5 Å². The summed E-state index contributed by atoms with van der Waals surface area (Å²) in [5.41, 5.74) is 7.28. The molecule has 3 aromatic rings. The highest BCUT2D eigenvalue weighted by Gasteiger charge is 2.21. The largest absolute Gasteiger partial charge is 0.497 e. The topological polar surface area (TPSA) is 24.7 Å². The van der Waals surface area contributed by atoms with Gasteiger partial charge in [-0.15, -0.1) is 0 Å². The number of ether oxygens (including phenoxy) is 2. The van der Waals surface area contributed by atoms with Gasteiger partial charge in [0.15, 0.2) is 5.71 Å². The van der Waals surface area contributed by atoms with Crippen molar-refractivity contribution < 1.29 is 14.0 Å². The lowest BCUT2D eigenvalue weighted by molar-refractivity contribution is -0.519. The Morgan fingerprint density at radius 3 is 1.74 bits per heavy atom. The maximum atomic E-state index is 5.45. The van der Waals surface area contributed by atoms with Gasteiger partial charge in [-0.25, -0.2) is 4.58 Å². The average molecular weight is 576 g/mol. The summed E-state index contributed by atoms with van der Waals surface area (Å²) in [6, 6.07) is 25.7. The zero-order chi connectivity index (χ0) is 30.6. The van der Waals surface area contributed by atoms with Crippen LogP contribution in [0.2, 0.25) is 0 Å². The van der Waals surface area contributed by atoms with E-state index in [9.17, 15) is 0 Å². The molecule has 1 atom stereocenters. The standard InChI is InChI=1S/C39H47N2O2/c1-7-40(8-2)34-22-14-30(15-23-34)38(32-18-26-36(42-5)27-19-32)12-11-13-39(33-20-28-37(43-6)29-21-33)31-16-24-35(25-17-31)41(9-3)10-4/h11-30,38H,7-10H2,1-6H3/q+1/b12-11+,39-13+. The SMILES string of the molecule is CCN(CC)c1ccc(/C(=C\C=C\C(c2ccc(OC)cc2)C2C=CC(=[N+](CC)CC)C=C2)c2ccc(OC)cc2)cc1. The van der Waals surface area contributed by atoms with Crippen molar-refractivity contribution in [3.63, 3.8) is 0 Å². The molecule has 0 spiro atoms. The Labute approximate surface area is 259 Å². The maximum Gasteiger partial charge on any atom is 0.199 e. The number of hydrogen-bond acceptors (Lipinski definition) is 3. The summed E-state index contributed by atoms with van der Waals surface area (Å²) in [7, 11) is 3.42. The fourth-order valence-corrected chi connectivity index (χ4v) is 5.71. The van der Waals surface area contributed by atoms with Gasteiger partial charge in [0.2, 0.25) is 0 Å². The van der Waals surface area contributed by atoms with E-state index in [0.29, 0.717) is 0 Å². The monoisotopic (exact) mass is 575 g/mol. The van der Waals surface area contributed by atoms with Crippen LogP contribution in [0.3, 0.4) is 0 Å². The highest BCUT2D eigenvalue weighted by molar-refractivity contribution is 6.01. The Morgan fingerprint density at radius 1 is 0.744 bits per heavy atom. The normalized spacial score (nSPS) is 15.5. The van der Waals surface area contributed by atoms with E-state index in [1.165, 1.54) is 28.1 Å². The lowest BCUT2D eigenvalue weighted by atomic mass is 9.83. The number of allylic oxidation sites excluding steroid dienone is 7. The molecular formula is C39H47N2O2+. The third-order valence-corrected chi connectivity index (χ3v) is 8.31. The molecule has 0 amide bonds. The van der Waals surface area contributed by atoms with Crippen LogP contribution in [0.4, 0.5) is 5.69 Å². The second-order valence-corrected chi connectivity index (χ2v) is 10.6. The minimum atomic E-state index is 0.176. The van der Waals surface area contributed by atoms with E-state index in [1.54, 1.807) is 14.2 Å². The molecular weight excluding hydrogens is 528 g/mol. The number of rotatable bonds is 13. The van der Waals surface area contributed by atoms with Gasteiger partial charge < -0.3 is 14.4 Å². The highest BCUT2D eigenvalue weighted by Crippen LogP contribution is 2.33. The molecule has 1 aliphatic rings. The van der Waals surface area contributed by atoms with Gasteiger partial charge in [0, 0.05) is 42.8 Å². The summed E-state index contributed by atoms with van der Waals surface area (Å²) in [5.74, 6) is 2.14. The Balaban J connectivity index is 1.72. The van der Waals surface area contributed by atoms with Crippen molar-refractivity contribution in [2.24, 2.45) is 5.92 Å². The lowest BCUT2D eigenvalue weighted by Gasteiger charge is -2.22. The molecule has 0 N–H and O–H groups in total. The van der Waals surface area contributed by atoms with E-state index in [4.69, 9.17) is 9.47 Å². The summed E-state index contributed by atoms with van der Waals surface area (Å²) >= 11 is 0. The van der Waals surface area contributed by atoms with Crippen LogP contribution in [0.5, 0.6) is 11.5 Å². The molecule has 4 rings (SSSR count). The first-order valence-corrected chi connectivity index (χ1v) is 15.6. The Kier molecular flexibility index (Phi) is 11.6. The molecule has 0 fully saturated rings. The first-order valence-electron chi connectivity index (χ1n) is 15.6. The van der Waals surface area contributed by atoms with Crippen LogP contribution < -0.4 is 14.4 Å². The van der Waals surface area contributed by atoms with Crippen LogP contribution in [-0.4, -0.2) is 50.7 Å². The fourth-order valence-electron chi connectivity index (χ4n) is 5.71. The van der Waals surface area contributed by atoms with E-state index in [2.05, 4.69) is 140 Å². The zero-order valence-electron chi connectivity index (χ0n) is 26.7. The minimum absolute atomic E-state index is 0.176. The molecule has 3 aromatic carbocycles. The molecule has 4 heteroatoms. The molecule has 0 radical (unpaired) electrons. The third-order valence-electron chi connectivity index (χ3n) is 8.31. The van der Waals surface area contributed by atoms with Gasteiger partial charge in [0.05, 0.1) is 14.2 Å². The first kappa shape index (κ1) is 31.6. The van der Waals surface area contributed by atoms with Crippen molar-refractivity contribution in [1.82, 2.24) is 0 Å². The lowest BCUT2D eigenvalue weighted by Crippen LogP contribution is -2.21. The van der Waals surface area contributed by atoms with Crippen molar-refractivity contribution in [1.29, 1.82) is 0 Å². The van der Waals surface area contributed by atoms with E-state index < -0.39 is 0 Å². The van der Waals surface area contributed by atoms with Crippen molar-refractivity contribution in [2.45, 2.75) is 33.6 Å². The maximum absolute atomic E-state index is 5.45. The van der Waals surface area contributed by atoms with Gasteiger partial charge in [-0.05, 0) is 86.4 Å². The van der Waals surface area contributed by atoms with Crippen LogP contribution in [0.1, 0.15) is 50.3 Å². The van der Waals surface area contributed by atoms with Crippen molar-refractivity contribution in [2.75, 3.05) is 45.3 Å². The second kappa shape index (κ2) is 15.8. The van der Waals surface area contributed by atoms with Gasteiger partial charge >= 0.3 is 0 Å². The molecule has 43 heavy (non-hydrogen) atoms. The molecule has 0 aromatic heterocycles. The van der Waals surface area contributed by atoms with Crippen LogP contribution in [-0.2, 0) is 0 Å². The second-order valence-electron chi connectivity index (χ2n) is 10.6. The molecule has 0 heterocycles. The number of nitrogens with zero attached hydrogens (tertiary/aromatic N) is 2. The summed E-state index contributed by atoms with van der Waals surface area (Å²) in [6.45, 7) is 12.8.